The van der Waals surface area contributed by atoms with E-state index in [1.54, 1.807) is 0 Å². The Morgan fingerprint density at radius 1 is 0.789 bits per heavy atom. The molecule has 0 saturated carbocycles. The molecular weight excluding hydrogens is 474 g/mol. The van der Waals surface area contributed by atoms with Crippen LogP contribution in [0, 0.1) is 6.92 Å². The summed E-state index contributed by atoms with van der Waals surface area (Å²) < 4.78 is 12.2. The maximum atomic E-state index is 12.7. The average molecular weight is 506 g/mol. The Bertz CT molecular complexity index is 1350. The zero-order chi connectivity index (χ0) is 26.3. The molecule has 1 aliphatic heterocycles. The standard InChI is InChI=1S/C33H31NO4/c1-24-2-8-29(9-3-24)33(36)34-20-18-32(19-21-34)38-31-14-6-26(7-15-31)23-37-30-16-12-28(13-17-30)27-10-4-25(22-35)5-11-27/h2-17,22,32H,18-21,23H2,1H3. The minimum Gasteiger partial charge on any atom is -0.490 e. The number of hydrogen-bond acceptors (Lipinski definition) is 4. The summed E-state index contributed by atoms with van der Waals surface area (Å²) in [5, 5.41) is 0. The predicted octanol–water partition coefficient (Wildman–Crippen LogP) is 6.74. The van der Waals surface area contributed by atoms with Crippen LogP contribution in [0.3, 0.4) is 0 Å². The SMILES string of the molecule is Cc1ccc(C(=O)N2CCC(Oc3ccc(COc4ccc(-c5ccc(C=O)cc5)cc4)cc3)CC2)cc1. The molecule has 1 amide bonds. The topological polar surface area (TPSA) is 55.8 Å². The number of ether oxygens (including phenoxy) is 2. The Balaban J connectivity index is 1.08. The molecule has 0 spiro atoms. The summed E-state index contributed by atoms with van der Waals surface area (Å²) >= 11 is 0. The molecule has 1 saturated heterocycles. The average Bonchev–Trinajstić information content (AvgIpc) is 2.97. The zero-order valence-corrected chi connectivity index (χ0v) is 21.5. The number of aldehydes is 1. The van der Waals surface area contributed by atoms with Gasteiger partial charge >= 0.3 is 0 Å². The summed E-state index contributed by atoms with van der Waals surface area (Å²) in [5.74, 6) is 1.73. The lowest BCUT2D eigenvalue weighted by Gasteiger charge is -2.32. The highest BCUT2D eigenvalue weighted by atomic mass is 16.5. The van der Waals surface area contributed by atoms with Crippen molar-refractivity contribution >= 4 is 12.2 Å². The van der Waals surface area contributed by atoms with Crippen LogP contribution in [0.2, 0.25) is 0 Å². The minimum atomic E-state index is 0.0932. The van der Waals surface area contributed by atoms with Crippen LogP contribution in [0.15, 0.2) is 97.1 Å². The van der Waals surface area contributed by atoms with Crippen LogP contribution < -0.4 is 9.47 Å². The van der Waals surface area contributed by atoms with E-state index in [4.69, 9.17) is 9.47 Å². The molecule has 4 aromatic rings. The molecule has 0 atom stereocenters. The molecule has 1 aliphatic rings. The molecule has 0 aromatic heterocycles. The van der Waals surface area contributed by atoms with Gasteiger partial charge in [-0.2, -0.15) is 0 Å². The van der Waals surface area contributed by atoms with Crippen LogP contribution in [-0.2, 0) is 6.61 Å². The Morgan fingerprint density at radius 2 is 1.37 bits per heavy atom. The number of amides is 1. The lowest BCUT2D eigenvalue weighted by molar-refractivity contribution is 0.0595. The minimum absolute atomic E-state index is 0.0932. The highest BCUT2D eigenvalue weighted by molar-refractivity contribution is 5.94. The van der Waals surface area contributed by atoms with Gasteiger partial charge < -0.3 is 14.4 Å². The Kier molecular flexibility index (Phi) is 7.84. The fourth-order valence-electron chi connectivity index (χ4n) is 4.58. The first kappa shape index (κ1) is 25.3. The third-order valence-corrected chi connectivity index (χ3v) is 6.89. The molecule has 0 unspecified atom stereocenters. The maximum absolute atomic E-state index is 12.7. The summed E-state index contributed by atoms with van der Waals surface area (Å²) in [6.45, 7) is 3.89. The molecular formula is C33H31NO4. The normalized spacial score (nSPS) is 13.7. The quantitative estimate of drug-likeness (QED) is 0.249. The van der Waals surface area contributed by atoms with Gasteiger partial charge in [0.2, 0.25) is 0 Å². The summed E-state index contributed by atoms with van der Waals surface area (Å²) in [7, 11) is 0. The number of piperidine rings is 1. The fraction of sp³-hybridized carbons (Fsp3) is 0.212. The number of benzene rings is 4. The lowest BCUT2D eigenvalue weighted by Crippen LogP contribution is -2.41. The van der Waals surface area contributed by atoms with Gasteiger partial charge in [-0.05, 0) is 60.0 Å². The molecule has 0 N–H and O–H groups in total. The number of aryl methyl sites for hydroxylation is 1. The van der Waals surface area contributed by atoms with Gasteiger partial charge in [0.15, 0.2) is 0 Å². The van der Waals surface area contributed by atoms with Crippen molar-refractivity contribution in [3.8, 4) is 22.6 Å². The summed E-state index contributed by atoms with van der Waals surface area (Å²) in [4.78, 5) is 25.5. The summed E-state index contributed by atoms with van der Waals surface area (Å²) in [6.07, 6.45) is 2.59. The van der Waals surface area contributed by atoms with Crippen LogP contribution in [-0.4, -0.2) is 36.3 Å². The van der Waals surface area contributed by atoms with Crippen molar-refractivity contribution in [2.45, 2.75) is 32.5 Å². The monoisotopic (exact) mass is 505 g/mol. The molecule has 38 heavy (non-hydrogen) atoms. The van der Waals surface area contributed by atoms with E-state index < -0.39 is 0 Å². The van der Waals surface area contributed by atoms with Gasteiger partial charge in [0.25, 0.3) is 5.91 Å². The molecule has 0 radical (unpaired) electrons. The maximum Gasteiger partial charge on any atom is 0.253 e. The molecule has 0 aliphatic carbocycles. The Hall–Kier alpha value is -4.38. The van der Waals surface area contributed by atoms with Crippen molar-refractivity contribution < 1.29 is 19.1 Å². The number of hydrogen-bond donors (Lipinski definition) is 0. The molecule has 5 rings (SSSR count). The second kappa shape index (κ2) is 11.8. The third-order valence-electron chi connectivity index (χ3n) is 6.89. The molecule has 5 nitrogen and oxygen atoms in total. The second-order valence-electron chi connectivity index (χ2n) is 9.67. The lowest BCUT2D eigenvalue weighted by atomic mass is 10.0. The number of carbonyl (C=O) groups is 2. The van der Waals surface area contributed by atoms with Crippen molar-refractivity contribution in [2.24, 2.45) is 0 Å². The van der Waals surface area contributed by atoms with Gasteiger partial charge in [-0.25, -0.2) is 0 Å². The van der Waals surface area contributed by atoms with E-state index in [-0.39, 0.29) is 12.0 Å². The van der Waals surface area contributed by atoms with Gasteiger partial charge in [0.05, 0.1) is 0 Å². The highest BCUT2D eigenvalue weighted by Gasteiger charge is 2.24. The van der Waals surface area contributed by atoms with Crippen molar-refractivity contribution in [2.75, 3.05) is 13.1 Å². The summed E-state index contributed by atoms with van der Waals surface area (Å²) in [5.41, 5.74) is 5.75. The highest BCUT2D eigenvalue weighted by Crippen LogP contribution is 2.24. The van der Waals surface area contributed by atoms with Crippen molar-refractivity contribution in [1.29, 1.82) is 0 Å². The Morgan fingerprint density at radius 3 is 1.97 bits per heavy atom. The van der Waals surface area contributed by atoms with E-state index in [0.29, 0.717) is 25.3 Å². The van der Waals surface area contributed by atoms with Crippen LogP contribution >= 0.6 is 0 Å². The van der Waals surface area contributed by atoms with Gasteiger partial charge in [0, 0.05) is 37.1 Å². The van der Waals surface area contributed by atoms with Crippen molar-refractivity contribution in [3.63, 3.8) is 0 Å². The number of rotatable bonds is 8. The smallest absolute Gasteiger partial charge is 0.253 e. The molecule has 1 heterocycles. The van der Waals surface area contributed by atoms with Gasteiger partial charge in [-0.15, -0.1) is 0 Å². The van der Waals surface area contributed by atoms with Crippen molar-refractivity contribution in [1.82, 2.24) is 4.90 Å². The van der Waals surface area contributed by atoms with Crippen LogP contribution in [0.5, 0.6) is 11.5 Å². The van der Waals surface area contributed by atoms with Crippen LogP contribution in [0.4, 0.5) is 0 Å². The van der Waals surface area contributed by atoms with E-state index in [9.17, 15) is 9.59 Å². The van der Waals surface area contributed by atoms with Crippen molar-refractivity contribution in [3.05, 3.63) is 119 Å². The molecule has 1 fully saturated rings. The van der Waals surface area contributed by atoms with E-state index in [1.807, 2.05) is 109 Å². The fourth-order valence-corrected chi connectivity index (χ4v) is 4.58. The summed E-state index contributed by atoms with van der Waals surface area (Å²) in [6, 6.07) is 31.2. The molecule has 5 heteroatoms. The number of carbonyl (C=O) groups excluding carboxylic acids is 2. The van der Waals surface area contributed by atoms with E-state index >= 15 is 0 Å². The number of nitrogens with zero attached hydrogens (tertiary/aromatic N) is 1. The van der Waals surface area contributed by atoms with E-state index in [0.717, 1.165) is 58.4 Å². The first-order valence-corrected chi connectivity index (χ1v) is 13.0. The van der Waals surface area contributed by atoms with Gasteiger partial charge in [-0.3, -0.25) is 9.59 Å². The molecule has 4 aromatic carbocycles. The van der Waals surface area contributed by atoms with Crippen LogP contribution in [0.25, 0.3) is 11.1 Å². The van der Waals surface area contributed by atoms with Gasteiger partial charge in [0.1, 0.15) is 30.5 Å². The molecule has 192 valence electrons. The van der Waals surface area contributed by atoms with Crippen LogP contribution in [0.1, 0.15) is 44.7 Å². The second-order valence-corrected chi connectivity index (χ2v) is 9.67. The largest absolute Gasteiger partial charge is 0.490 e. The van der Waals surface area contributed by atoms with E-state index in [1.165, 1.54) is 0 Å². The zero-order valence-electron chi connectivity index (χ0n) is 21.5. The predicted molar refractivity (Wildman–Crippen MR) is 149 cm³/mol. The number of likely N-dealkylation sites (tertiary alicyclic amines) is 1. The van der Waals surface area contributed by atoms with Gasteiger partial charge in [-0.1, -0.05) is 66.2 Å². The van der Waals surface area contributed by atoms with E-state index in [2.05, 4.69) is 0 Å². The Labute approximate surface area is 223 Å². The molecule has 0 bridgehead atoms. The first-order chi connectivity index (χ1) is 18.6. The third kappa shape index (κ3) is 6.30. The first-order valence-electron chi connectivity index (χ1n) is 13.0.